The average molecular weight is 404 g/mol. The van der Waals surface area contributed by atoms with E-state index in [2.05, 4.69) is 29.0 Å². The van der Waals surface area contributed by atoms with Crippen LogP contribution in [0.3, 0.4) is 0 Å². The third-order valence-electron chi connectivity index (χ3n) is 6.68. The molecule has 6 N–H and O–H groups in total. The summed E-state index contributed by atoms with van der Waals surface area (Å²) in [5, 5.41) is 9.20. The van der Waals surface area contributed by atoms with Gasteiger partial charge >= 0.3 is 0 Å². The van der Waals surface area contributed by atoms with E-state index in [-0.39, 0.29) is 29.5 Å². The Bertz CT molecular complexity index is 964. The number of nitrogens with zero attached hydrogens (tertiary/aromatic N) is 1. The predicted molar refractivity (Wildman–Crippen MR) is 104 cm³/mol. The molecule has 2 aliphatic heterocycles. The zero-order valence-corrected chi connectivity index (χ0v) is 16.3. The normalized spacial score (nSPS) is 36.8. The van der Waals surface area contributed by atoms with Crippen LogP contribution in [0.15, 0.2) is 46.7 Å². The molecule has 5 rings (SSSR count). The highest BCUT2D eigenvalue weighted by Crippen LogP contribution is 2.53. The summed E-state index contributed by atoms with van der Waals surface area (Å²) in [4.78, 5) is 12.5. The second kappa shape index (κ2) is 6.28. The van der Waals surface area contributed by atoms with E-state index in [4.69, 9.17) is 10.9 Å². The molecule has 0 spiro atoms. The summed E-state index contributed by atoms with van der Waals surface area (Å²) < 4.78 is 24.7. The number of nitrogens with one attached hydrogen (secondary N) is 2. The lowest BCUT2D eigenvalue weighted by Crippen LogP contribution is -2.61. The molecule has 1 amide bonds. The van der Waals surface area contributed by atoms with Crippen molar-refractivity contribution in [1.29, 1.82) is 0 Å². The number of fused-ring (bicyclic) bond motifs is 3. The number of hydrogen-bond donors (Lipinski definition) is 4. The van der Waals surface area contributed by atoms with E-state index in [1.165, 1.54) is 11.1 Å². The van der Waals surface area contributed by atoms with E-state index in [1.54, 1.807) is 0 Å². The molecular formula is C19H25N5O3S. The van der Waals surface area contributed by atoms with E-state index in [0.717, 1.165) is 19.3 Å². The first-order valence-electron chi connectivity index (χ1n) is 9.79. The molecule has 2 heterocycles. The summed E-state index contributed by atoms with van der Waals surface area (Å²) in [6, 6.07) is 0. The summed E-state index contributed by atoms with van der Waals surface area (Å²) >= 11 is 0. The number of primary amides is 1. The van der Waals surface area contributed by atoms with Crippen LogP contribution in [-0.2, 0) is 14.8 Å². The monoisotopic (exact) mass is 403 g/mol. The van der Waals surface area contributed by atoms with Crippen molar-refractivity contribution >= 4 is 15.9 Å². The van der Waals surface area contributed by atoms with E-state index in [9.17, 15) is 13.2 Å². The van der Waals surface area contributed by atoms with Gasteiger partial charge in [0.2, 0.25) is 15.9 Å². The van der Waals surface area contributed by atoms with Crippen molar-refractivity contribution in [3.8, 4) is 0 Å². The summed E-state index contributed by atoms with van der Waals surface area (Å²) in [6.45, 7) is 0.688. The maximum Gasteiger partial charge on any atom is 0.249 e. The molecule has 1 saturated heterocycles. The molecule has 0 bridgehead atoms. The first-order valence-corrected chi connectivity index (χ1v) is 11.4. The molecule has 5 unspecified atom stereocenters. The highest BCUT2D eigenvalue weighted by molar-refractivity contribution is 7.90. The molecule has 0 radical (unpaired) electrons. The number of primary sulfonamides is 1. The van der Waals surface area contributed by atoms with Crippen LogP contribution in [0.2, 0.25) is 0 Å². The van der Waals surface area contributed by atoms with Crippen molar-refractivity contribution in [2.75, 3.05) is 6.54 Å². The van der Waals surface area contributed by atoms with Gasteiger partial charge in [0.15, 0.2) is 5.37 Å². The van der Waals surface area contributed by atoms with Gasteiger partial charge in [-0.25, -0.2) is 19.0 Å². The Morgan fingerprint density at radius 1 is 1.29 bits per heavy atom. The molecule has 0 aromatic heterocycles. The number of nitrogens with two attached hydrogens (primary N) is 2. The van der Waals surface area contributed by atoms with Crippen molar-refractivity contribution in [2.24, 2.45) is 28.6 Å². The fraction of sp³-hybridized carbons (Fsp3) is 0.526. The van der Waals surface area contributed by atoms with Gasteiger partial charge in [0.1, 0.15) is 0 Å². The van der Waals surface area contributed by atoms with Gasteiger partial charge in [0.25, 0.3) is 0 Å². The van der Waals surface area contributed by atoms with Gasteiger partial charge < -0.3 is 5.73 Å². The largest absolute Gasteiger partial charge is 0.366 e. The van der Waals surface area contributed by atoms with Crippen LogP contribution in [0.4, 0.5) is 0 Å². The van der Waals surface area contributed by atoms with E-state index < -0.39 is 21.3 Å². The molecule has 28 heavy (non-hydrogen) atoms. The third kappa shape index (κ3) is 2.61. The number of carbonyl (C=O) groups excluding carboxylic acids is 1. The Morgan fingerprint density at radius 3 is 2.86 bits per heavy atom. The standard InChI is InChI=1S/C19H25N5O3S/c20-18(25)16-17(24-14(7-8-22-24)23-19(16)28(21,26)27)15-12-5-1-3-10(12)9-11-4-2-6-13(11)15/h1,3,5,9,12-15,19,22-23H,2,4,6-8H2,(H2,20,25)(H2,21,26,27). The summed E-state index contributed by atoms with van der Waals surface area (Å²) in [5.74, 6) is -0.389. The predicted octanol–water partition coefficient (Wildman–Crippen LogP) is -0.0513. The van der Waals surface area contributed by atoms with Crippen LogP contribution in [0.5, 0.6) is 0 Å². The number of allylic oxidation sites excluding steroid dienone is 7. The Kier molecular flexibility index (Phi) is 4.06. The number of hydrazine groups is 1. The molecule has 2 fully saturated rings. The Labute approximate surface area is 164 Å². The Hall–Kier alpha value is -1.94. The fourth-order valence-corrected chi connectivity index (χ4v) is 6.55. The zero-order valence-electron chi connectivity index (χ0n) is 15.5. The zero-order chi connectivity index (χ0) is 19.6. The third-order valence-corrected chi connectivity index (χ3v) is 7.71. The van der Waals surface area contributed by atoms with Crippen molar-refractivity contribution in [3.05, 3.63) is 46.7 Å². The lowest BCUT2D eigenvalue weighted by Gasteiger charge is -2.46. The summed E-state index contributed by atoms with van der Waals surface area (Å²) in [5.41, 5.74) is 12.5. The second-order valence-electron chi connectivity index (χ2n) is 8.20. The molecule has 8 nitrogen and oxygen atoms in total. The molecular weight excluding hydrogens is 378 g/mol. The first-order chi connectivity index (χ1) is 13.4. The molecule has 0 aromatic carbocycles. The molecule has 3 aliphatic carbocycles. The Morgan fingerprint density at radius 2 is 2.11 bits per heavy atom. The molecule has 9 heteroatoms. The minimum atomic E-state index is -4.05. The summed E-state index contributed by atoms with van der Waals surface area (Å²) in [6.07, 6.45) is 12.2. The minimum absolute atomic E-state index is 0.0329. The molecule has 150 valence electrons. The first kappa shape index (κ1) is 18.1. The van der Waals surface area contributed by atoms with Gasteiger partial charge in [0, 0.05) is 24.1 Å². The van der Waals surface area contributed by atoms with E-state index in [1.807, 2.05) is 11.1 Å². The van der Waals surface area contributed by atoms with Crippen LogP contribution in [-0.4, -0.2) is 37.4 Å². The van der Waals surface area contributed by atoms with Crippen molar-refractivity contribution < 1.29 is 13.2 Å². The van der Waals surface area contributed by atoms with Crippen LogP contribution in [0.1, 0.15) is 25.7 Å². The molecule has 0 aromatic rings. The molecule has 5 atom stereocenters. The van der Waals surface area contributed by atoms with Gasteiger partial charge in [-0.05, 0) is 37.2 Å². The minimum Gasteiger partial charge on any atom is -0.366 e. The van der Waals surface area contributed by atoms with Gasteiger partial charge in [-0.2, -0.15) is 0 Å². The smallest absolute Gasteiger partial charge is 0.249 e. The quantitative estimate of drug-likeness (QED) is 0.523. The number of rotatable bonds is 3. The number of carbonyl (C=O) groups is 1. The van der Waals surface area contributed by atoms with Crippen LogP contribution < -0.4 is 21.6 Å². The van der Waals surface area contributed by atoms with Gasteiger partial charge in [-0.15, -0.1) is 0 Å². The maximum absolute atomic E-state index is 12.5. The SMILES string of the molecule is NC(=O)C1=C(C2C3C=CC=C3C=C3CCCC32)N2NCCC2NC1S(N)(=O)=O. The second-order valence-corrected chi connectivity index (χ2v) is 9.85. The van der Waals surface area contributed by atoms with Crippen LogP contribution >= 0.6 is 0 Å². The molecule has 1 saturated carbocycles. The highest BCUT2D eigenvalue weighted by atomic mass is 32.2. The lowest BCUT2D eigenvalue weighted by atomic mass is 9.69. The van der Waals surface area contributed by atoms with Crippen LogP contribution in [0.25, 0.3) is 0 Å². The number of amides is 1. The fourth-order valence-electron chi connectivity index (χ4n) is 5.64. The van der Waals surface area contributed by atoms with E-state index in [0.29, 0.717) is 18.7 Å². The van der Waals surface area contributed by atoms with Gasteiger partial charge in [0.05, 0.1) is 11.7 Å². The highest BCUT2D eigenvalue weighted by Gasteiger charge is 2.50. The van der Waals surface area contributed by atoms with Crippen molar-refractivity contribution in [1.82, 2.24) is 15.8 Å². The number of sulfonamides is 1. The lowest BCUT2D eigenvalue weighted by molar-refractivity contribution is -0.115. The average Bonchev–Trinajstić information content (AvgIpc) is 3.36. The number of hydrogen-bond acceptors (Lipinski definition) is 6. The van der Waals surface area contributed by atoms with Crippen molar-refractivity contribution in [3.63, 3.8) is 0 Å². The van der Waals surface area contributed by atoms with E-state index >= 15 is 0 Å². The molecule has 5 aliphatic rings. The Balaban J connectivity index is 1.74. The topological polar surface area (TPSA) is 131 Å². The van der Waals surface area contributed by atoms with Gasteiger partial charge in [-0.1, -0.05) is 29.9 Å². The summed E-state index contributed by atoms with van der Waals surface area (Å²) in [7, 11) is -4.05. The van der Waals surface area contributed by atoms with Crippen LogP contribution in [0, 0.1) is 17.8 Å². The van der Waals surface area contributed by atoms with Gasteiger partial charge in [-0.3, -0.25) is 15.1 Å². The maximum atomic E-state index is 12.5. The van der Waals surface area contributed by atoms with Crippen molar-refractivity contribution in [2.45, 2.75) is 37.2 Å².